The number of aliphatic carboxylic acids is 1. The summed E-state index contributed by atoms with van der Waals surface area (Å²) in [5, 5.41) is 33.2. The van der Waals surface area contributed by atoms with Gasteiger partial charge in [-0.15, -0.1) is 0 Å². The van der Waals surface area contributed by atoms with Gasteiger partial charge in [-0.1, -0.05) is 68.4 Å². The first-order chi connectivity index (χ1) is 42.7. The molecule has 0 bridgehead atoms. The predicted molar refractivity (Wildman–Crippen MR) is 315 cm³/mol. The van der Waals surface area contributed by atoms with Crippen molar-refractivity contribution < 1.29 is 80.6 Å². The second kappa shape index (κ2) is 30.5. The summed E-state index contributed by atoms with van der Waals surface area (Å²) < 4.78 is 82.0. The van der Waals surface area contributed by atoms with Crippen molar-refractivity contribution in [2.75, 3.05) is 98.6 Å². The van der Waals surface area contributed by atoms with Crippen molar-refractivity contribution in [3.8, 4) is 17.6 Å². The maximum absolute atomic E-state index is 14.1. The fraction of sp³-hybridized carbons (Fsp3) is 0.475. The van der Waals surface area contributed by atoms with Crippen molar-refractivity contribution in [2.45, 2.75) is 76.4 Å². The molecule has 5 N–H and O–H groups in total. The Morgan fingerprint density at radius 1 is 0.876 bits per heavy atom. The predicted octanol–water partition coefficient (Wildman–Crippen LogP) is 4.19. The first-order valence-electron chi connectivity index (χ1n) is 28.4. The summed E-state index contributed by atoms with van der Waals surface area (Å²) >= 11 is 0. The number of hydrogen-bond donors (Lipinski definition) is 5. The molecule has 0 radical (unpaired) electrons. The number of aliphatic hydroxyl groups excluding tert-OH is 1. The highest BCUT2D eigenvalue weighted by Crippen LogP contribution is 2.51. The van der Waals surface area contributed by atoms with Gasteiger partial charge in [0.1, 0.15) is 22.7 Å². The van der Waals surface area contributed by atoms with Gasteiger partial charge in [0.2, 0.25) is 11.9 Å². The van der Waals surface area contributed by atoms with E-state index in [1.165, 1.54) is 21.7 Å². The zero-order valence-corrected chi connectivity index (χ0v) is 50.8. The molecular formula is C59H72N9O20P. The maximum Gasteiger partial charge on any atom is 0.474 e. The van der Waals surface area contributed by atoms with Crippen molar-refractivity contribution in [3.63, 3.8) is 0 Å². The van der Waals surface area contributed by atoms with Crippen molar-refractivity contribution in [3.05, 3.63) is 145 Å². The van der Waals surface area contributed by atoms with Crippen LogP contribution in [0, 0.1) is 30.1 Å². The number of benzene rings is 3. The summed E-state index contributed by atoms with van der Waals surface area (Å²) in [7, 11) is -1.42. The second-order valence-corrected chi connectivity index (χ2v) is 22.9. The van der Waals surface area contributed by atoms with E-state index in [-0.39, 0.29) is 95.0 Å². The van der Waals surface area contributed by atoms with Gasteiger partial charge >= 0.3 is 25.5 Å². The van der Waals surface area contributed by atoms with E-state index in [0.717, 1.165) is 23.6 Å². The lowest BCUT2D eigenvalue weighted by molar-refractivity contribution is -0.231. The standard InChI is InChI=1S/C59H72N9O20P/c1-37(2)52(73)63-56-62-51-49(54(75)64-56)61-36-68(51)55-50(86-39(4)70)45(29-48(71)72)46(87-55)32-85-89(77,83-23-10-21-60)84-28-27-81-26-25-80-24-22-66-31-47(67-30-38(3)53(74)65-57(67)76)88-58(33-66,34-69)35-82-59(40-11-8-7-9-12-40,41-13-17-43(78-5)18-14-41)42-15-19-44(79-6)20-16-42/h7-9,11-20,30,36-37,45-47,50,55,69H,10,22-29,31-35H2,1-6H3,(H,71,72)(H,65,74,76)(H2,62,63,64,73,75)/t45-,46+,47-,50-,55-,58-,89?/m1/s1. The number of imidazole rings is 1. The third-order valence-corrected chi connectivity index (χ3v) is 16.2. The molecule has 1 unspecified atom stereocenters. The number of phosphoric ester groups is 1. The number of aromatic amines is 2. The molecule has 6 aromatic rings. The minimum atomic E-state index is -4.57. The van der Waals surface area contributed by atoms with Crippen LogP contribution in [0.2, 0.25) is 0 Å². The molecule has 8 rings (SSSR count). The van der Waals surface area contributed by atoms with Crippen LogP contribution in [0.1, 0.15) is 68.3 Å². The fourth-order valence-electron chi connectivity index (χ4n) is 10.3. The third kappa shape index (κ3) is 16.5. The number of rotatable bonds is 32. The van der Waals surface area contributed by atoms with Gasteiger partial charge in [0.05, 0.1) is 105 Å². The van der Waals surface area contributed by atoms with Crippen molar-refractivity contribution in [1.82, 2.24) is 34.0 Å². The van der Waals surface area contributed by atoms with Gasteiger partial charge in [-0.2, -0.15) is 10.2 Å². The topological polar surface area (TPSA) is 368 Å². The van der Waals surface area contributed by atoms with Crippen molar-refractivity contribution >= 4 is 42.8 Å². The Kier molecular flexibility index (Phi) is 22.9. The Morgan fingerprint density at radius 3 is 2.13 bits per heavy atom. The molecule has 0 saturated carbocycles. The number of esters is 1. The van der Waals surface area contributed by atoms with Crippen molar-refractivity contribution in [2.24, 2.45) is 11.8 Å². The number of anilines is 1. The summed E-state index contributed by atoms with van der Waals surface area (Å²) in [5.41, 5.74) is -2.61. The zero-order chi connectivity index (χ0) is 63.9. The number of carbonyl (C=O) groups is 3. The summed E-state index contributed by atoms with van der Waals surface area (Å²) in [6, 6.07) is 26.3. The fourth-order valence-corrected chi connectivity index (χ4v) is 11.5. The molecule has 0 spiro atoms. The van der Waals surface area contributed by atoms with E-state index in [1.807, 2.05) is 89.8 Å². The molecule has 478 valence electrons. The molecule has 3 aromatic carbocycles. The molecule has 30 heteroatoms. The molecule has 0 aliphatic carbocycles. The quantitative estimate of drug-likeness (QED) is 0.0171. The number of carbonyl (C=O) groups excluding carboxylic acids is 2. The Bertz CT molecular complexity index is 3600. The number of aromatic nitrogens is 6. The minimum Gasteiger partial charge on any atom is -0.497 e. The summed E-state index contributed by atoms with van der Waals surface area (Å²) in [6.07, 6.45) is -3.33. The first-order valence-corrected chi connectivity index (χ1v) is 29.9. The number of nitrogens with zero attached hydrogens (tertiary/aromatic N) is 6. The molecule has 89 heavy (non-hydrogen) atoms. The average molecular weight is 1260 g/mol. The number of aliphatic hydroxyl groups is 1. The van der Waals surface area contributed by atoms with E-state index in [4.69, 9.17) is 51.5 Å². The van der Waals surface area contributed by atoms with Crippen LogP contribution in [0.5, 0.6) is 11.5 Å². The number of morpholine rings is 1. The molecule has 1 amide bonds. The number of carboxylic acids is 1. The van der Waals surface area contributed by atoms with Crippen LogP contribution >= 0.6 is 7.82 Å². The highest BCUT2D eigenvalue weighted by atomic mass is 31.2. The number of H-pyrrole nitrogens is 2. The largest absolute Gasteiger partial charge is 0.497 e. The van der Waals surface area contributed by atoms with Gasteiger partial charge in [-0.05, 0) is 47.9 Å². The van der Waals surface area contributed by atoms with Crippen LogP contribution in [-0.2, 0) is 66.5 Å². The number of amides is 1. The Labute approximate surface area is 510 Å². The van der Waals surface area contributed by atoms with E-state index >= 15 is 0 Å². The number of nitrogens with one attached hydrogen (secondary N) is 3. The summed E-state index contributed by atoms with van der Waals surface area (Å²) in [6.45, 7) is 4.30. The average Bonchev–Trinajstić information content (AvgIpc) is 2.06. The number of ether oxygens (including phenoxy) is 8. The lowest BCUT2D eigenvalue weighted by Gasteiger charge is -2.47. The molecule has 2 aliphatic heterocycles. The molecule has 2 aliphatic rings. The van der Waals surface area contributed by atoms with Gasteiger partial charge in [-0.3, -0.25) is 66.9 Å². The Hall–Kier alpha value is -7.98. The minimum absolute atomic E-state index is 0.0231. The monoisotopic (exact) mass is 1260 g/mol. The van der Waals surface area contributed by atoms with Gasteiger partial charge < -0.3 is 48.1 Å². The zero-order valence-electron chi connectivity index (χ0n) is 49.9. The van der Waals surface area contributed by atoms with Crippen molar-refractivity contribution in [1.29, 1.82) is 5.26 Å². The summed E-state index contributed by atoms with van der Waals surface area (Å²) in [5.74, 6) is -3.21. The number of hydrogen-bond acceptors (Lipinski definition) is 23. The molecule has 2 fully saturated rings. The number of nitriles is 1. The molecule has 2 saturated heterocycles. The Morgan fingerprint density at radius 2 is 1.52 bits per heavy atom. The number of phosphoric acid groups is 1. The smallest absolute Gasteiger partial charge is 0.474 e. The van der Waals surface area contributed by atoms with E-state index in [1.54, 1.807) is 35.0 Å². The molecule has 3 aromatic heterocycles. The molecule has 29 nitrogen and oxygen atoms in total. The van der Waals surface area contributed by atoms with E-state index in [0.29, 0.717) is 11.5 Å². The number of methoxy groups -OCH3 is 2. The van der Waals surface area contributed by atoms with Crippen LogP contribution in [0.15, 0.2) is 106 Å². The van der Waals surface area contributed by atoms with E-state index in [2.05, 4.69) is 25.3 Å². The second-order valence-electron chi connectivity index (χ2n) is 21.2. The van der Waals surface area contributed by atoms with Crippen LogP contribution in [-0.4, -0.2) is 173 Å². The number of aryl methyl sites for hydroxylation is 1. The third-order valence-electron chi connectivity index (χ3n) is 14.7. The van der Waals surface area contributed by atoms with Crippen LogP contribution < -0.4 is 31.6 Å². The van der Waals surface area contributed by atoms with Crippen LogP contribution in [0.3, 0.4) is 0 Å². The van der Waals surface area contributed by atoms with Gasteiger partial charge in [0.25, 0.3) is 11.1 Å². The lowest BCUT2D eigenvalue weighted by atomic mass is 9.79. The normalized spacial score (nSPS) is 20.2. The SMILES string of the molecule is COc1ccc(C(OC[C@]2(CO)CN(CCOCCOCCOP(=O)(OCCC#N)OC[C@@H]3O[C@@H](n4cnc5c(=O)[nH]c(NC(=O)C(C)C)nc54)[C@H](OC(C)=O)[C@@H]3CC(=O)O)C[C@H](n3cc(C)c(=O)[nH]c3=O)O2)(c2ccccc2)c2ccc(OC)cc2)cc1. The van der Waals surface area contributed by atoms with Gasteiger partial charge in [-0.25, -0.2) is 14.3 Å². The van der Waals surface area contributed by atoms with E-state index < -0.39 is 110 Å². The lowest BCUT2D eigenvalue weighted by Crippen LogP contribution is -2.60. The number of fused-ring (bicyclic) bond motifs is 1. The molecule has 5 heterocycles. The number of carboxylic acid groups (broad SMARTS) is 1. The highest BCUT2D eigenvalue weighted by molar-refractivity contribution is 7.48. The van der Waals surface area contributed by atoms with Gasteiger partial charge in [0, 0.05) is 50.2 Å². The first kappa shape index (κ1) is 67.0. The van der Waals surface area contributed by atoms with Crippen LogP contribution in [0.25, 0.3) is 11.2 Å². The molecule has 7 atom stereocenters. The van der Waals surface area contributed by atoms with Gasteiger partial charge in [0.15, 0.2) is 29.7 Å². The maximum atomic E-state index is 14.1. The summed E-state index contributed by atoms with van der Waals surface area (Å²) in [4.78, 5) is 91.5. The highest BCUT2D eigenvalue weighted by Gasteiger charge is 2.51. The molecular weight excluding hydrogens is 1190 g/mol. The Balaban J connectivity index is 0.916. The van der Waals surface area contributed by atoms with E-state index in [9.17, 15) is 48.8 Å². The van der Waals surface area contributed by atoms with Crippen LogP contribution in [0.4, 0.5) is 5.95 Å².